The van der Waals surface area contributed by atoms with Gasteiger partial charge in [-0.1, -0.05) is 30.3 Å². The van der Waals surface area contributed by atoms with Gasteiger partial charge in [0.15, 0.2) is 5.69 Å². The minimum atomic E-state index is -0.426. The van der Waals surface area contributed by atoms with Crippen molar-refractivity contribution in [2.24, 2.45) is 0 Å². The zero-order valence-electron chi connectivity index (χ0n) is 8.91. The van der Waals surface area contributed by atoms with Crippen LogP contribution in [0.4, 0.5) is 0 Å². The van der Waals surface area contributed by atoms with Crippen molar-refractivity contribution in [2.75, 3.05) is 6.61 Å². The lowest BCUT2D eigenvalue weighted by Gasteiger charge is -2.15. The first-order valence-corrected chi connectivity index (χ1v) is 5.78. The molecule has 1 aromatic heterocycles. The van der Waals surface area contributed by atoms with Gasteiger partial charge in [0, 0.05) is 0 Å². The summed E-state index contributed by atoms with van der Waals surface area (Å²) in [5.74, 6) is -0.332. The van der Waals surface area contributed by atoms with Gasteiger partial charge in [-0.25, -0.2) is 0 Å². The summed E-state index contributed by atoms with van der Waals surface area (Å²) in [6.45, 7) is -0.159. The van der Waals surface area contributed by atoms with Crippen molar-refractivity contribution in [1.82, 2.24) is 14.1 Å². The number of carbonyl (C=O) groups is 1. The number of nitrogens with one attached hydrogen (secondary N) is 1. The number of aromatic nitrogens is 2. The summed E-state index contributed by atoms with van der Waals surface area (Å²) >= 11 is 0.975. The molecule has 1 unspecified atom stereocenters. The van der Waals surface area contributed by atoms with Gasteiger partial charge in [0.1, 0.15) is 0 Å². The van der Waals surface area contributed by atoms with Crippen LogP contribution in [0.2, 0.25) is 0 Å². The van der Waals surface area contributed by atoms with Gasteiger partial charge in [0.25, 0.3) is 5.91 Å². The molecule has 1 atom stereocenters. The highest BCUT2D eigenvalue weighted by molar-refractivity contribution is 6.99. The Kier molecular flexibility index (Phi) is 3.79. The van der Waals surface area contributed by atoms with Crippen LogP contribution in [0.15, 0.2) is 36.5 Å². The van der Waals surface area contributed by atoms with E-state index in [1.165, 1.54) is 6.20 Å². The molecule has 0 aliphatic heterocycles. The number of nitrogens with zero attached hydrogens (tertiary/aromatic N) is 2. The van der Waals surface area contributed by atoms with E-state index in [2.05, 4.69) is 14.1 Å². The number of aliphatic hydroxyl groups is 1. The van der Waals surface area contributed by atoms with Gasteiger partial charge in [0.2, 0.25) is 0 Å². The van der Waals surface area contributed by atoms with Gasteiger partial charge < -0.3 is 10.4 Å². The van der Waals surface area contributed by atoms with Crippen LogP contribution in [0.3, 0.4) is 0 Å². The van der Waals surface area contributed by atoms with Crippen molar-refractivity contribution in [1.29, 1.82) is 0 Å². The van der Waals surface area contributed by atoms with E-state index in [1.807, 2.05) is 30.3 Å². The monoisotopic (exact) mass is 249 g/mol. The largest absolute Gasteiger partial charge is 0.394 e. The first-order valence-electron chi connectivity index (χ1n) is 5.05. The molecule has 0 fully saturated rings. The standard InChI is InChI=1S/C11H11N3O2S/c15-7-10(8-4-2-1-3-5-8)13-11(16)9-6-12-17-14-9/h1-6,10,15H,7H2,(H,13,16). The van der Waals surface area contributed by atoms with E-state index in [0.29, 0.717) is 0 Å². The Bertz CT molecular complexity index is 473. The van der Waals surface area contributed by atoms with E-state index in [0.717, 1.165) is 17.3 Å². The van der Waals surface area contributed by atoms with Crippen molar-refractivity contribution in [3.8, 4) is 0 Å². The highest BCUT2D eigenvalue weighted by Gasteiger charge is 2.16. The summed E-state index contributed by atoms with van der Waals surface area (Å²) in [5, 5.41) is 12.0. The lowest BCUT2D eigenvalue weighted by molar-refractivity contribution is 0.0912. The van der Waals surface area contributed by atoms with Crippen LogP contribution in [0.25, 0.3) is 0 Å². The Balaban J connectivity index is 2.09. The van der Waals surface area contributed by atoms with Crippen molar-refractivity contribution in [3.05, 3.63) is 47.8 Å². The number of carbonyl (C=O) groups excluding carboxylic acids is 1. The van der Waals surface area contributed by atoms with E-state index < -0.39 is 6.04 Å². The van der Waals surface area contributed by atoms with Crippen molar-refractivity contribution in [3.63, 3.8) is 0 Å². The summed E-state index contributed by atoms with van der Waals surface area (Å²) in [6.07, 6.45) is 1.40. The summed E-state index contributed by atoms with van der Waals surface area (Å²) in [5.41, 5.74) is 1.12. The second-order valence-electron chi connectivity index (χ2n) is 3.41. The fraction of sp³-hybridized carbons (Fsp3) is 0.182. The summed E-state index contributed by atoms with van der Waals surface area (Å²) in [4.78, 5) is 11.7. The third kappa shape index (κ3) is 2.86. The molecular formula is C11H11N3O2S. The fourth-order valence-electron chi connectivity index (χ4n) is 1.42. The average molecular weight is 249 g/mol. The zero-order chi connectivity index (χ0) is 12.1. The van der Waals surface area contributed by atoms with Crippen LogP contribution in [-0.4, -0.2) is 26.4 Å². The van der Waals surface area contributed by atoms with Crippen LogP contribution in [0, 0.1) is 0 Å². The number of benzene rings is 1. The minimum absolute atomic E-state index is 0.159. The quantitative estimate of drug-likeness (QED) is 0.847. The molecule has 1 aromatic carbocycles. The molecule has 0 radical (unpaired) electrons. The van der Waals surface area contributed by atoms with E-state index in [1.54, 1.807) is 0 Å². The molecule has 2 N–H and O–H groups in total. The highest BCUT2D eigenvalue weighted by Crippen LogP contribution is 2.12. The Labute approximate surface area is 102 Å². The van der Waals surface area contributed by atoms with Crippen LogP contribution in [0.1, 0.15) is 22.1 Å². The topological polar surface area (TPSA) is 75.1 Å². The zero-order valence-corrected chi connectivity index (χ0v) is 9.72. The Morgan fingerprint density at radius 3 is 2.76 bits per heavy atom. The third-order valence-corrected chi connectivity index (χ3v) is 2.76. The van der Waals surface area contributed by atoms with Crippen molar-refractivity contribution < 1.29 is 9.90 Å². The fourth-order valence-corrected chi connectivity index (χ4v) is 1.83. The molecule has 0 spiro atoms. The molecule has 0 saturated heterocycles. The lowest BCUT2D eigenvalue weighted by Crippen LogP contribution is -2.30. The first kappa shape index (κ1) is 11.7. The number of hydrogen-bond acceptors (Lipinski definition) is 5. The van der Waals surface area contributed by atoms with Gasteiger partial charge in [0.05, 0.1) is 30.6 Å². The number of aliphatic hydroxyl groups excluding tert-OH is 1. The number of amides is 1. The molecule has 1 amide bonds. The van der Waals surface area contributed by atoms with Gasteiger partial charge in [-0.15, -0.1) is 0 Å². The molecule has 2 rings (SSSR count). The number of rotatable bonds is 4. The Hall–Kier alpha value is -1.79. The molecule has 6 heteroatoms. The van der Waals surface area contributed by atoms with Gasteiger partial charge in [-0.05, 0) is 5.56 Å². The summed E-state index contributed by atoms with van der Waals surface area (Å²) in [7, 11) is 0. The van der Waals surface area contributed by atoms with Crippen molar-refractivity contribution >= 4 is 17.6 Å². The van der Waals surface area contributed by atoms with Gasteiger partial charge in [-0.2, -0.15) is 8.75 Å². The maximum absolute atomic E-state index is 11.7. The highest BCUT2D eigenvalue weighted by atomic mass is 32.1. The smallest absolute Gasteiger partial charge is 0.273 e. The normalized spacial score (nSPS) is 12.1. The van der Waals surface area contributed by atoms with E-state index in [9.17, 15) is 9.90 Å². The molecule has 0 aliphatic rings. The summed E-state index contributed by atoms with van der Waals surface area (Å²) < 4.78 is 7.59. The van der Waals surface area contributed by atoms with Gasteiger partial charge in [-0.3, -0.25) is 4.79 Å². The Morgan fingerprint density at radius 1 is 1.41 bits per heavy atom. The van der Waals surface area contributed by atoms with E-state index in [4.69, 9.17) is 0 Å². The molecule has 88 valence electrons. The van der Waals surface area contributed by atoms with Crippen LogP contribution >= 0.6 is 11.7 Å². The minimum Gasteiger partial charge on any atom is -0.394 e. The maximum atomic E-state index is 11.7. The van der Waals surface area contributed by atoms with Gasteiger partial charge >= 0.3 is 0 Å². The maximum Gasteiger partial charge on any atom is 0.273 e. The van der Waals surface area contributed by atoms with Crippen molar-refractivity contribution in [2.45, 2.75) is 6.04 Å². The number of hydrogen-bond donors (Lipinski definition) is 2. The molecule has 2 aromatic rings. The Morgan fingerprint density at radius 2 is 2.18 bits per heavy atom. The molecule has 1 heterocycles. The molecule has 0 saturated carbocycles. The molecule has 0 bridgehead atoms. The van der Waals surface area contributed by atoms with E-state index >= 15 is 0 Å². The molecule has 5 nitrogen and oxygen atoms in total. The molecule has 0 aliphatic carbocycles. The van der Waals surface area contributed by atoms with Crippen LogP contribution in [0.5, 0.6) is 0 Å². The average Bonchev–Trinajstić information content (AvgIpc) is 2.90. The second-order valence-corrected chi connectivity index (χ2v) is 3.97. The lowest BCUT2D eigenvalue weighted by atomic mass is 10.1. The molecule has 17 heavy (non-hydrogen) atoms. The second kappa shape index (κ2) is 5.51. The summed E-state index contributed by atoms with van der Waals surface area (Å²) in [6, 6.07) is 8.86. The third-order valence-electron chi connectivity index (χ3n) is 2.28. The van der Waals surface area contributed by atoms with Crippen LogP contribution < -0.4 is 5.32 Å². The predicted molar refractivity (Wildman–Crippen MR) is 63.6 cm³/mol. The SMILES string of the molecule is O=C(NC(CO)c1ccccc1)c1cnsn1. The first-order chi connectivity index (χ1) is 8.31. The van der Waals surface area contributed by atoms with Crippen LogP contribution in [-0.2, 0) is 0 Å². The predicted octanol–water partition coefficient (Wildman–Crippen LogP) is 1.00. The van der Waals surface area contributed by atoms with E-state index in [-0.39, 0.29) is 18.2 Å². The molecular weight excluding hydrogens is 238 g/mol.